The van der Waals surface area contributed by atoms with Gasteiger partial charge in [-0.15, -0.1) is 11.3 Å². The van der Waals surface area contributed by atoms with Crippen molar-refractivity contribution in [2.24, 2.45) is 0 Å². The molecule has 1 aromatic heterocycles. The van der Waals surface area contributed by atoms with Crippen molar-refractivity contribution in [1.29, 1.82) is 0 Å². The molecule has 2 aliphatic rings. The summed E-state index contributed by atoms with van der Waals surface area (Å²) in [5, 5.41) is 7.00. The molecule has 0 spiro atoms. The molecule has 128 valence electrons. The maximum Gasteiger partial charge on any atom is 0.251 e. The molecule has 1 N–H and O–H groups in total. The average Bonchev–Trinajstić information content (AvgIpc) is 3.26. The third-order valence-corrected chi connectivity index (χ3v) is 5.70. The van der Waals surface area contributed by atoms with Gasteiger partial charge < -0.3 is 15.0 Å². The first-order valence-electron chi connectivity index (χ1n) is 8.83. The lowest BCUT2D eigenvalue weighted by molar-refractivity contribution is -0.142. The van der Waals surface area contributed by atoms with E-state index in [-0.39, 0.29) is 12.0 Å². The maximum absolute atomic E-state index is 12.3. The van der Waals surface area contributed by atoms with Gasteiger partial charge in [0.2, 0.25) is 0 Å². The molecule has 3 heterocycles. The Labute approximate surface area is 142 Å². The summed E-state index contributed by atoms with van der Waals surface area (Å²) in [4.78, 5) is 18.9. The smallest absolute Gasteiger partial charge is 0.251 e. The van der Waals surface area contributed by atoms with E-state index in [0.29, 0.717) is 6.04 Å². The minimum Gasteiger partial charge on any atom is -0.368 e. The summed E-state index contributed by atoms with van der Waals surface area (Å²) in [5.41, 5.74) is 1.20. The molecule has 5 nitrogen and oxygen atoms in total. The summed E-state index contributed by atoms with van der Waals surface area (Å²) in [6.07, 6.45) is 5.83. The predicted octanol–water partition coefficient (Wildman–Crippen LogP) is 2.01. The van der Waals surface area contributed by atoms with Crippen molar-refractivity contribution >= 4 is 17.2 Å². The Morgan fingerprint density at radius 3 is 2.91 bits per heavy atom. The third kappa shape index (κ3) is 4.52. The van der Waals surface area contributed by atoms with Crippen molar-refractivity contribution in [2.45, 2.75) is 57.6 Å². The lowest BCUT2D eigenvalue weighted by Crippen LogP contribution is -2.48. The van der Waals surface area contributed by atoms with E-state index in [9.17, 15) is 4.79 Å². The number of carbonyl (C=O) groups excluding carboxylic acids is 1. The number of ether oxygens (including phenoxy) is 1. The van der Waals surface area contributed by atoms with Crippen LogP contribution >= 0.6 is 11.3 Å². The number of hydrogen-bond donors (Lipinski definition) is 1. The molecule has 2 aliphatic heterocycles. The number of amides is 1. The number of aryl methyl sites for hydroxylation is 1. The van der Waals surface area contributed by atoms with Crippen LogP contribution in [-0.4, -0.2) is 54.2 Å². The zero-order valence-corrected chi connectivity index (χ0v) is 14.7. The van der Waals surface area contributed by atoms with E-state index in [1.165, 1.54) is 10.7 Å². The Balaban J connectivity index is 1.35. The molecule has 0 unspecified atom stereocenters. The molecular weight excluding hydrogens is 310 g/mol. The standard InChI is InChI=1S/C17H27N3O2S/c1-2-13-12-23-16(19-13)5-8-18-14-6-9-20(10-7-14)17(21)15-4-3-11-22-15/h12,14-15,18H,2-11H2,1H3/t15-/m0/s1. The summed E-state index contributed by atoms with van der Waals surface area (Å²) < 4.78 is 5.51. The topological polar surface area (TPSA) is 54.5 Å². The zero-order valence-electron chi connectivity index (χ0n) is 13.9. The number of hydrogen-bond acceptors (Lipinski definition) is 5. The van der Waals surface area contributed by atoms with E-state index >= 15 is 0 Å². The number of piperidine rings is 1. The average molecular weight is 337 g/mol. The molecule has 1 atom stereocenters. The number of likely N-dealkylation sites (tertiary alicyclic amines) is 1. The van der Waals surface area contributed by atoms with Crippen LogP contribution in [0.3, 0.4) is 0 Å². The highest BCUT2D eigenvalue weighted by atomic mass is 32.1. The van der Waals surface area contributed by atoms with Gasteiger partial charge in [-0.25, -0.2) is 4.98 Å². The Kier molecular flexibility index (Phi) is 6.02. The molecule has 0 bridgehead atoms. The van der Waals surface area contributed by atoms with Crippen molar-refractivity contribution in [3.8, 4) is 0 Å². The number of carbonyl (C=O) groups is 1. The first kappa shape index (κ1) is 16.9. The molecule has 0 radical (unpaired) electrons. The van der Waals surface area contributed by atoms with Crippen molar-refractivity contribution in [1.82, 2.24) is 15.2 Å². The summed E-state index contributed by atoms with van der Waals surface area (Å²) in [5.74, 6) is 0.204. The van der Waals surface area contributed by atoms with Gasteiger partial charge in [-0.05, 0) is 32.1 Å². The van der Waals surface area contributed by atoms with E-state index in [1.807, 2.05) is 4.90 Å². The molecule has 6 heteroatoms. The summed E-state index contributed by atoms with van der Waals surface area (Å²) >= 11 is 1.76. The van der Waals surface area contributed by atoms with E-state index in [2.05, 4.69) is 22.6 Å². The van der Waals surface area contributed by atoms with E-state index in [4.69, 9.17) is 4.74 Å². The molecule has 0 aromatic carbocycles. The van der Waals surface area contributed by atoms with Crippen LogP contribution in [0.1, 0.15) is 43.3 Å². The van der Waals surface area contributed by atoms with Gasteiger partial charge in [0.25, 0.3) is 5.91 Å². The van der Waals surface area contributed by atoms with Crippen LogP contribution < -0.4 is 5.32 Å². The van der Waals surface area contributed by atoms with E-state index in [0.717, 1.165) is 64.8 Å². The monoisotopic (exact) mass is 337 g/mol. The van der Waals surface area contributed by atoms with Gasteiger partial charge in [-0.2, -0.15) is 0 Å². The van der Waals surface area contributed by atoms with Crippen LogP contribution in [0.4, 0.5) is 0 Å². The SMILES string of the molecule is CCc1csc(CCNC2CCN(C(=O)[C@@H]3CCCO3)CC2)n1. The first-order valence-corrected chi connectivity index (χ1v) is 9.71. The minimum absolute atomic E-state index is 0.169. The van der Waals surface area contributed by atoms with Crippen LogP contribution in [-0.2, 0) is 22.4 Å². The second kappa shape index (κ2) is 8.22. The molecular formula is C17H27N3O2S. The van der Waals surface area contributed by atoms with Crippen molar-refractivity contribution in [3.63, 3.8) is 0 Å². The largest absolute Gasteiger partial charge is 0.368 e. The fourth-order valence-electron chi connectivity index (χ4n) is 3.29. The third-order valence-electron chi connectivity index (χ3n) is 4.75. The lowest BCUT2D eigenvalue weighted by atomic mass is 10.0. The van der Waals surface area contributed by atoms with Gasteiger partial charge in [-0.1, -0.05) is 6.92 Å². The van der Waals surface area contributed by atoms with Crippen molar-refractivity contribution in [3.05, 3.63) is 16.1 Å². The van der Waals surface area contributed by atoms with Gasteiger partial charge in [0.1, 0.15) is 6.10 Å². The Hall–Kier alpha value is -0.980. The Morgan fingerprint density at radius 2 is 2.26 bits per heavy atom. The molecule has 0 aliphatic carbocycles. The van der Waals surface area contributed by atoms with Crippen LogP contribution in [0.2, 0.25) is 0 Å². The fourth-order valence-corrected chi connectivity index (χ4v) is 4.17. The number of aromatic nitrogens is 1. The van der Waals surface area contributed by atoms with Gasteiger partial charge in [0.05, 0.1) is 10.7 Å². The van der Waals surface area contributed by atoms with Crippen LogP contribution in [0, 0.1) is 0 Å². The van der Waals surface area contributed by atoms with Crippen molar-refractivity contribution in [2.75, 3.05) is 26.2 Å². The highest BCUT2D eigenvalue weighted by molar-refractivity contribution is 7.09. The molecule has 1 aromatic rings. The number of nitrogens with zero attached hydrogens (tertiary/aromatic N) is 2. The summed E-state index contributed by atoms with van der Waals surface area (Å²) in [7, 11) is 0. The number of rotatable bonds is 6. The van der Waals surface area contributed by atoms with Crippen LogP contribution in [0.25, 0.3) is 0 Å². The van der Waals surface area contributed by atoms with Gasteiger partial charge in [0.15, 0.2) is 0 Å². The van der Waals surface area contributed by atoms with Gasteiger partial charge >= 0.3 is 0 Å². The quantitative estimate of drug-likeness (QED) is 0.863. The minimum atomic E-state index is -0.169. The molecule has 2 fully saturated rings. The van der Waals surface area contributed by atoms with E-state index < -0.39 is 0 Å². The highest BCUT2D eigenvalue weighted by Gasteiger charge is 2.30. The summed E-state index contributed by atoms with van der Waals surface area (Å²) in [6.45, 7) is 5.57. The highest BCUT2D eigenvalue weighted by Crippen LogP contribution is 2.18. The molecule has 3 rings (SSSR count). The van der Waals surface area contributed by atoms with Crippen LogP contribution in [0.15, 0.2) is 5.38 Å². The normalized spacial score (nSPS) is 22.7. The number of thiazole rings is 1. The Bertz CT molecular complexity index is 506. The summed E-state index contributed by atoms with van der Waals surface area (Å²) in [6, 6.07) is 0.522. The van der Waals surface area contributed by atoms with E-state index in [1.54, 1.807) is 11.3 Å². The van der Waals surface area contributed by atoms with Gasteiger partial charge in [-0.3, -0.25) is 4.79 Å². The number of nitrogens with one attached hydrogen (secondary N) is 1. The fraction of sp³-hybridized carbons (Fsp3) is 0.765. The molecule has 23 heavy (non-hydrogen) atoms. The van der Waals surface area contributed by atoms with Crippen LogP contribution in [0.5, 0.6) is 0 Å². The lowest BCUT2D eigenvalue weighted by Gasteiger charge is -2.33. The van der Waals surface area contributed by atoms with Gasteiger partial charge in [0, 0.05) is 44.1 Å². The second-order valence-corrected chi connectivity index (χ2v) is 7.33. The Morgan fingerprint density at radius 1 is 1.43 bits per heavy atom. The second-order valence-electron chi connectivity index (χ2n) is 6.39. The van der Waals surface area contributed by atoms with Crippen molar-refractivity contribution < 1.29 is 9.53 Å². The molecule has 0 saturated carbocycles. The molecule has 2 saturated heterocycles. The molecule has 1 amide bonds. The maximum atomic E-state index is 12.3. The first-order chi connectivity index (χ1) is 11.3. The zero-order chi connectivity index (χ0) is 16.1. The predicted molar refractivity (Wildman–Crippen MR) is 91.8 cm³/mol.